The van der Waals surface area contributed by atoms with Crippen molar-refractivity contribution in [2.45, 2.75) is 6.10 Å². The number of nitrogens with zero attached hydrogens (tertiary/aromatic N) is 1. The van der Waals surface area contributed by atoms with Crippen LogP contribution in [0, 0.1) is 0 Å². The minimum Gasteiger partial charge on any atom is -0.370 e. The predicted molar refractivity (Wildman–Crippen MR) is 116 cm³/mol. The van der Waals surface area contributed by atoms with Crippen molar-refractivity contribution in [1.82, 2.24) is 10.2 Å². The van der Waals surface area contributed by atoms with Crippen LogP contribution in [0.3, 0.4) is 0 Å². The van der Waals surface area contributed by atoms with Gasteiger partial charge in [-0.1, -0.05) is 72.8 Å². The van der Waals surface area contributed by atoms with Crippen LogP contribution in [0.1, 0.15) is 22.0 Å². The lowest BCUT2D eigenvalue weighted by atomic mass is 10.0. The Morgan fingerprint density at radius 2 is 1.50 bits per heavy atom. The summed E-state index contributed by atoms with van der Waals surface area (Å²) in [5.74, 6) is -0.357. The maximum Gasteiger partial charge on any atom is 0.251 e. The van der Waals surface area contributed by atoms with Crippen LogP contribution in [-0.2, 0) is 9.53 Å². The van der Waals surface area contributed by atoms with Gasteiger partial charge in [0, 0.05) is 12.1 Å². The van der Waals surface area contributed by atoms with Crippen LogP contribution in [0.5, 0.6) is 0 Å². The van der Waals surface area contributed by atoms with Crippen LogP contribution in [-0.4, -0.2) is 43.0 Å². The number of hydrogen-bond acceptors (Lipinski definition) is 3. The molecule has 0 spiro atoms. The maximum atomic E-state index is 12.6. The Morgan fingerprint density at radius 1 is 0.867 bits per heavy atom. The third-order valence-corrected chi connectivity index (χ3v) is 5.24. The second kappa shape index (κ2) is 9.37. The van der Waals surface area contributed by atoms with Gasteiger partial charge in [0.25, 0.3) is 5.91 Å². The topological polar surface area (TPSA) is 58.6 Å². The van der Waals surface area contributed by atoms with Gasteiger partial charge in [0.2, 0.25) is 5.91 Å². The summed E-state index contributed by atoms with van der Waals surface area (Å²) in [6.45, 7) is 1.48. The molecule has 5 nitrogen and oxygen atoms in total. The van der Waals surface area contributed by atoms with Crippen LogP contribution in [0.15, 0.2) is 84.9 Å². The Bertz CT molecular complexity index is 988. The third kappa shape index (κ3) is 4.75. The smallest absolute Gasteiger partial charge is 0.251 e. The van der Waals surface area contributed by atoms with E-state index >= 15 is 0 Å². The molecule has 1 unspecified atom stereocenters. The summed E-state index contributed by atoms with van der Waals surface area (Å²) in [4.78, 5) is 26.8. The van der Waals surface area contributed by atoms with Crippen LogP contribution in [0.25, 0.3) is 11.1 Å². The molecule has 1 N–H and O–H groups in total. The van der Waals surface area contributed by atoms with E-state index in [0.29, 0.717) is 25.3 Å². The first-order valence-electron chi connectivity index (χ1n) is 10.1. The number of carbonyl (C=O) groups excluding carboxylic acids is 2. The predicted octanol–water partition coefficient (Wildman–Crippen LogP) is 3.68. The van der Waals surface area contributed by atoms with Gasteiger partial charge in [-0.3, -0.25) is 9.59 Å². The lowest BCUT2D eigenvalue weighted by Crippen LogP contribution is -2.46. The monoisotopic (exact) mass is 400 g/mol. The van der Waals surface area contributed by atoms with Gasteiger partial charge in [-0.2, -0.15) is 0 Å². The largest absolute Gasteiger partial charge is 0.370 e. The number of hydrogen-bond donors (Lipinski definition) is 1. The summed E-state index contributed by atoms with van der Waals surface area (Å²) >= 11 is 0. The van der Waals surface area contributed by atoms with E-state index in [2.05, 4.69) is 5.32 Å². The number of rotatable bonds is 5. The van der Waals surface area contributed by atoms with Crippen molar-refractivity contribution in [1.29, 1.82) is 0 Å². The molecule has 1 heterocycles. The molecule has 0 radical (unpaired) electrons. The van der Waals surface area contributed by atoms with Crippen molar-refractivity contribution in [2.24, 2.45) is 0 Å². The molecular weight excluding hydrogens is 376 g/mol. The molecule has 152 valence electrons. The second-order valence-corrected chi connectivity index (χ2v) is 7.24. The quantitative estimate of drug-likeness (QED) is 0.711. The molecule has 3 aromatic rings. The van der Waals surface area contributed by atoms with Gasteiger partial charge in [0.1, 0.15) is 6.10 Å². The Morgan fingerprint density at radius 3 is 2.20 bits per heavy atom. The van der Waals surface area contributed by atoms with E-state index in [1.165, 1.54) is 0 Å². The first-order chi connectivity index (χ1) is 14.7. The number of benzene rings is 3. The highest BCUT2D eigenvalue weighted by Crippen LogP contribution is 2.22. The van der Waals surface area contributed by atoms with E-state index in [9.17, 15) is 9.59 Å². The Labute approximate surface area is 176 Å². The first kappa shape index (κ1) is 19.9. The van der Waals surface area contributed by atoms with Gasteiger partial charge in [0.05, 0.1) is 19.7 Å². The molecule has 30 heavy (non-hydrogen) atoms. The zero-order valence-electron chi connectivity index (χ0n) is 16.7. The van der Waals surface area contributed by atoms with E-state index in [1.54, 1.807) is 17.0 Å². The lowest BCUT2D eigenvalue weighted by Gasteiger charge is -2.33. The van der Waals surface area contributed by atoms with E-state index < -0.39 is 0 Å². The van der Waals surface area contributed by atoms with Gasteiger partial charge < -0.3 is 15.0 Å². The molecule has 1 aliphatic rings. The van der Waals surface area contributed by atoms with Gasteiger partial charge in [-0.25, -0.2) is 0 Å². The fourth-order valence-corrected chi connectivity index (χ4v) is 3.56. The van der Waals surface area contributed by atoms with E-state index in [-0.39, 0.29) is 24.5 Å². The zero-order valence-corrected chi connectivity index (χ0v) is 16.7. The molecule has 0 bridgehead atoms. The molecular formula is C25H24N2O3. The van der Waals surface area contributed by atoms with Crippen LogP contribution in [0.2, 0.25) is 0 Å². The molecule has 1 aliphatic heterocycles. The lowest BCUT2D eigenvalue weighted by molar-refractivity contribution is -0.137. The summed E-state index contributed by atoms with van der Waals surface area (Å²) in [6, 6.07) is 27.3. The summed E-state index contributed by atoms with van der Waals surface area (Å²) in [5, 5.41) is 2.74. The first-order valence-corrected chi connectivity index (χ1v) is 10.1. The fraction of sp³-hybridized carbons (Fsp3) is 0.200. The van der Waals surface area contributed by atoms with Crippen molar-refractivity contribution >= 4 is 11.8 Å². The maximum absolute atomic E-state index is 12.6. The molecule has 3 aromatic carbocycles. The SMILES string of the molecule is O=C(NCC(=O)N1CCOC(c2ccccc2)C1)c1ccc(-c2ccccc2)cc1. The second-order valence-electron chi connectivity index (χ2n) is 7.24. The van der Waals surface area contributed by atoms with Gasteiger partial charge >= 0.3 is 0 Å². The molecule has 1 fully saturated rings. The number of ether oxygens (including phenoxy) is 1. The van der Waals surface area contributed by atoms with Crippen molar-refractivity contribution in [3.63, 3.8) is 0 Å². The van der Waals surface area contributed by atoms with E-state index in [0.717, 1.165) is 16.7 Å². The number of morpholine rings is 1. The highest BCUT2D eigenvalue weighted by atomic mass is 16.5. The minimum absolute atomic E-state index is 0.0270. The number of nitrogens with one attached hydrogen (secondary N) is 1. The zero-order chi connectivity index (χ0) is 20.8. The van der Waals surface area contributed by atoms with E-state index in [4.69, 9.17) is 4.74 Å². The molecule has 1 atom stereocenters. The van der Waals surface area contributed by atoms with Crippen LogP contribution in [0.4, 0.5) is 0 Å². The Hall–Kier alpha value is -3.44. The highest BCUT2D eigenvalue weighted by Gasteiger charge is 2.25. The molecule has 2 amide bonds. The molecule has 0 saturated carbocycles. The van der Waals surface area contributed by atoms with Gasteiger partial charge in [-0.05, 0) is 28.8 Å². The highest BCUT2D eigenvalue weighted by molar-refractivity contribution is 5.96. The standard InChI is InChI=1S/C25H24N2O3/c28-24(27-15-16-30-23(18-27)21-9-5-2-6-10-21)17-26-25(29)22-13-11-20(12-14-22)19-7-3-1-4-8-19/h1-14,23H,15-18H2,(H,26,29). The normalized spacial score (nSPS) is 16.1. The van der Waals surface area contributed by atoms with Crippen LogP contribution < -0.4 is 5.32 Å². The van der Waals surface area contributed by atoms with Gasteiger partial charge in [0.15, 0.2) is 0 Å². The van der Waals surface area contributed by atoms with E-state index in [1.807, 2.05) is 72.8 Å². The number of amides is 2. The van der Waals surface area contributed by atoms with Crippen molar-refractivity contribution in [3.8, 4) is 11.1 Å². The molecule has 0 aliphatic carbocycles. The molecule has 0 aromatic heterocycles. The third-order valence-electron chi connectivity index (χ3n) is 5.24. The summed E-state index contributed by atoms with van der Waals surface area (Å²) in [6.07, 6.45) is -0.134. The summed E-state index contributed by atoms with van der Waals surface area (Å²) in [5.41, 5.74) is 3.73. The molecule has 1 saturated heterocycles. The Balaban J connectivity index is 1.31. The minimum atomic E-state index is -0.254. The number of carbonyl (C=O) groups is 2. The summed E-state index contributed by atoms with van der Waals surface area (Å²) < 4.78 is 5.81. The van der Waals surface area contributed by atoms with Crippen LogP contribution >= 0.6 is 0 Å². The van der Waals surface area contributed by atoms with Crippen molar-refractivity contribution < 1.29 is 14.3 Å². The average Bonchev–Trinajstić information content (AvgIpc) is 2.83. The van der Waals surface area contributed by atoms with Gasteiger partial charge in [-0.15, -0.1) is 0 Å². The fourth-order valence-electron chi connectivity index (χ4n) is 3.56. The van der Waals surface area contributed by atoms with Crippen molar-refractivity contribution in [3.05, 3.63) is 96.1 Å². The van der Waals surface area contributed by atoms with Crippen molar-refractivity contribution in [2.75, 3.05) is 26.2 Å². The average molecular weight is 400 g/mol. The molecule has 4 rings (SSSR count). The summed E-state index contributed by atoms with van der Waals surface area (Å²) in [7, 11) is 0. The Kier molecular flexibility index (Phi) is 6.20. The molecule has 5 heteroatoms.